The molecule has 94 valence electrons. The van der Waals surface area contributed by atoms with E-state index in [9.17, 15) is 4.39 Å². The molecule has 1 unspecified atom stereocenters. The first-order valence-electron chi connectivity index (χ1n) is 6.44. The SMILES string of the molecule is CCC(Nc1ncnc2ccc(F)cc12)C1CC1. The molecule has 0 radical (unpaired) electrons. The number of anilines is 1. The number of hydrogen-bond donors (Lipinski definition) is 1. The van der Waals surface area contributed by atoms with Crippen LogP contribution in [0.3, 0.4) is 0 Å². The monoisotopic (exact) mass is 245 g/mol. The van der Waals surface area contributed by atoms with Gasteiger partial charge in [-0.15, -0.1) is 0 Å². The normalized spacial score (nSPS) is 16.8. The summed E-state index contributed by atoms with van der Waals surface area (Å²) in [6.45, 7) is 2.17. The van der Waals surface area contributed by atoms with Crippen molar-refractivity contribution in [1.29, 1.82) is 0 Å². The lowest BCUT2D eigenvalue weighted by Gasteiger charge is -2.17. The Bertz CT molecular complexity index is 566. The molecule has 2 aromatic rings. The standard InChI is InChI=1S/C14H16FN3/c1-2-12(9-3-4-9)18-14-11-7-10(15)5-6-13(11)16-8-17-14/h5-9,12H,2-4H2,1H3,(H,16,17,18). The van der Waals surface area contributed by atoms with Crippen LogP contribution in [0.15, 0.2) is 24.5 Å². The van der Waals surface area contributed by atoms with Gasteiger partial charge in [0.05, 0.1) is 5.52 Å². The van der Waals surface area contributed by atoms with E-state index >= 15 is 0 Å². The van der Waals surface area contributed by atoms with Gasteiger partial charge in [-0.3, -0.25) is 0 Å². The average molecular weight is 245 g/mol. The summed E-state index contributed by atoms with van der Waals surface area (Å²) in [7, 11) is 0. The van der Waals surface area contributed by atoms with E-state index in [4.69, 9.17) is 0 Å². The second-order valence-electron chi connectivity index (χ2n) is 4.88. The number of fused-ring (bicyclic) bond motifs is 1. The van der Waals surface area contributed by atoms with Gasteiger partial charge in [0.2, 0.25) is 0 Å². The predicted molar refractivity (Wildman–Crippen MR) is 69.9 cm³/mol. The molecule has 1 atom stereocenters. The molecular formula is C14H16FN3. The number of nitrogens with one attached hydrogen (secondary N) is 1. The summed E-state index contributed by atoms with van der Waals surface area (Å²) in [5.41, 5.74) is 0.777. The Morgan fingerprint density at radius 2 is 2.22 bits per heavy atom. The number of halogens is 1. The molecule has 1 aromatic carbocycles. The van der Waals surface area contributed by atoms with E-state index in [1.54, 1.807) is 6.07 Å². The molecule has 1 saturated carbocycles. The summed E-state index contributed by atoms with van der Waals surface area (Å²) in [4.78, 5) is 8.42. The molecule has 0 bridgehead atoms. The summed E-state index contributed by atoms with van der Waals surface area (Å²) < 4.78 is 13.3. The lowest BCUT2D eigenvalue weighted by Crippen LogP contribution is -2.21. The molecule has 3 rings (SSSR count). The summed E-state index contributed by atoms with van der Waals surface area (Å²) in [5.74, 6) is 1.24. The highest BCUT2D eigenvalue weighted by Gasteiger charge is 2.30. The first-order valence-corrected chi connectivity index (χ1v) is 6.44. The van der Waals surface area contributed by atoms with Gasteiger partial charge in [-0.05, 0) is 43.4 Å². The van der Waals surface area contributed by atoms with Gasteiger partial charge in [0.15, 0.2) is 0 Å². The summed E-state index contributed by atoms with van der Waals surface area (Å²) in [5, 5.41) is 4.20. The van der Waals surface area contributed by atoms with Gasteiger partial charge in [-0.2, -0.15) is 0 Å². The maximum atomic E-state index is 13.3. The van der Waals surface area contributed by atoms with Crippen molar-refractivity contribution in [3.05, 3.63) is 30.3 Å². The fourth-order valence-electron chi connectivity index (χ4n) is 2.37. The molecule has 0 spiro atoms. The van der Waals surface area contributed by atoms with Gasteiger partial charge in [-0.1, -0.05) is 6.92 Å². The maximum Gasteiger partial charge on any atom is 0.137 e. The highest BCUT2D eigenvalue weighted by molar-refractivity contribution is 5.88. The van der Waals surface area contributed by atoms with Gasteiger partial charge in [0, 0.05) is 11.4 Å². The molecule has 0 saturated heterocycles. The molecule has 1 aliphatic rings. The fourth-order valence-corrected chi connectivity index (χ4v) is 2.37. The second-order valence-corrected chi connectivity index (χ2v) is 4.88. The number of hydrogen-bond acceptors (Lipinski definition) is 3. The number of nitrogens with zero attached hydrogens (tertiary/aromatic N) is 2. The minimum absolute atomic E-state index is 0.250. The Kier molecular flexibility index (Phi) is 2.86. The van der Waals surface area contributed by atoms with Crippen LogP contribution in [0, 0.1) is 11.7 Å². The van der Waals surface area contributed by atoms with Crippen LogP contribution in [-0.2, 0) is 0 Å². The molecular weight excluding hydrogens is 229 g/mol. The van der Waals surface area contributed by atoms with E-state index in [-0.39, 0.29) is 5.82 Å². The fraction of sp³-hybridized carbons (Fsp3) is 0.429. The zero-order valence-electron chi connectivity index (χ0n) is 10.4. The first-order chi connectivity index (χ1) is 8.78. The van der Waals surface area contributed by atoms with Crippen LogP contribution in [0.1, 0.15) is 26.2 Å². The summed E-state index contributed by atoms with van der Waals surface area (Å²) in [6.07, 6.45) is 5.15. The largest absolute Gasteiger partial charge is 0.366 e. The van der Waals surface area contributed by atoms with E-state index < -0.39 is 0 Å². The lowest BCUT2D eigenvalue weighted by atomic mass is 10.1. The van der Waals surface area contributed by atoms with Crippen molar-refractivity contribution in [2.75, 3.05) is 5.32 Å². The van der Waals surface area contributed by atoms with E-state index in [1.807, 2.05) is 0 Å². The first kappa shape index (κ1) is 11.4. The van der Waals surface area contributed by atoms with Crippen LogP contribution in [0.5, 0.6) is 0 Å². The Morgan fingerprint density at radius 3 is 2.94 bits per heavy atom. The zero-order valence-corrected chi connectivity index (χ0v) is 10.4. The van der Waals surface area contributed by atoms with Crippen molar-refractivity contribution < 1.29 is 4.39 Å². The van der Waals surface area contributed by atoms with Crippen molar-refractivity contribution in [1.82, 2.24) is 9.97 Å². The van der Waals surface area contributed by atoms with Crippen LogP contribution in [0.2, 0.25) is 0 Å². The Labute approximate surface area is 105 Å². The van der Waals surface area contributed by atoms with Crippen molar-refractivity contribution in [2.45, 2.75) is 32.2 Å². The predicted octanol–water partition coefficient (Wildman–Crippen LogP) is 3.37. The summed E-state index contributed by atoms with van der Waals surface area (Å²) >= 11 is 0. The molecule has 1 fully saturated rings. The minimum atomic E-state index is -0.250. The van der Waals surface area contributed by atoms with Crippen molar-refractivity contribution in [2.24, 2.45) is 5.92 Å². The topological polar surface area (TPSA) is 37.8 Å². The second kappa shape index (κ2) is 4.52. The Balaban J connectivity index is 1.97. The van der Waals surface area contributed by atoms with Crippen LogP contribution >= 0.6 is 0 Å². The van der Waals surface area contributed by atoms with Crippen LogP contribution in [0.4, 0.5) is 10.2 Å². The van der Waals surface area contributed by atoms with E-state index in [2.05, 4.69) is 22.2 Å². The highest BCUT2D eigenvalue weighted by atomic mass is 19.1. The number of aromatic nitrogens is 2. The zero-order chi connectivity index (χ0) is 12.5. The van der Waals surface area contributed by atoms with Crippen molar-refractivity contribution >= 4 is 16.7 Å². The molecule has 0 amide bonds. The average Bonchev–Trinajstić information content (AvgIpc) is 3.20. The third-order valence-electron chi connectivity index (χ3n) is 3.55. The molecule has 0 aliphatic heterocycles. The molecule has 4 heteroatoms. The van der Waals surface area contributed by atoms with E-state index in [0.717, 1.165) is 29.1 Å². The molecule has 1 heterocycles. The van der Waals surface area contributed by atoms with Crippen molar-refractivity contribution in [3.8, 4) is 0 Å². The lowest BCUT2D eigenvalue weighted by molar-refractivity contribution is 0.614. The molecule has 1 N–H and O–H groups in total. The molecule has 3 nitrogen and oxygen atoms in total. The Hall–Kier alpha value is -1.71. The smallest absolute Gasteiger partial charge is 0.137 e. The molecule has 1 aromatic heterocycles. The van der Waals surface area contributed by atoms with Gasteiger partial charge in [-0.25, -0.2) is 14.4 Å². The van der Waals surface area contributed by atoms with Crippen LogP contribution in [0.25, 0.3) is 10.9 Å². The third-order valence-corrected chi connectivity index (χ3v) is 3.55. The van der Waals surface area contributed by atoms with Gasteiger partial charge in [0.25, 0.3) is 0 Å². The maximum absolute atomic E-state index is 13.3. The molecule has 18 heavy (non-hydrogen) atoms. The van der Waals surface area contributed by atoms with E-state index in [0.29, 0.717) is 6.04 Å². The van der Waals surface area contributed by atoms with Gasteiger partial charge < -0.3 is 5.32 Å². The Morgan fingerprint density at radius 1 is 1.39 bits per heavy atom. The van der Waals surface area contributed by atoms with Crippen LogP contribution in [-0.4, -0.2) is 16.0 Å². The van der Waals surface area contributed by atoms with Gasteiger partial charge in [0.1, 0.15) is 18.0 Å². The van der Waals surface area contributed by atoms with E-state index in [1.165, 1.54) is 31.3 Å². The number of rotatable bonds is 4. The minimum Gasteiger partial charge on any atom is -0.366 e. The quantitative estimate of drug-likeness (QED) is 0.897. The third kappa shape index (κ3) is 2.15. The summed E-state index contributed by atoms with van der Waals surface area (Å²) in [6, 6.07) is 5.05. The van der Waals surface area contributed by atoms with Crippen molar-refractivity contribution in [3.63, 3.8) is 0 Å². The molecule has 1 aliphatic carbocycles. The highest BCUT2D eigenvalue weighted by Crippen LogP contribution is 2.36. The number of benzene rings is 1. The van der Waals surface area contributed by atoms with Crippen LogP contribution < -0.4 is 5.32 Å². The van der Waals surface area contributed by atoms with Gasteiger partial charge >= 0.3 is 0 Å².